The first-order valence-corrected chi connectivity index (χ1v) is 23.0. The Balaban J connectivity index is 1.27. The summed E-state index contributed by atoms with van der Waals surface area (Å²) in [5.41, 5.74) is 2.77. The van der Waals surface area contributed by atoms with Crippen LogP contribution in [0.25, 0.3) is 0 Å². The number of nitrogens with one attached hydrogen (secondary N) is 1. The van der Waals surface area contributed by atoms with Crippen molar-refractivity contribution in [2.45, 2.75) is 115 Å². The number of hydrogen-bond donors (Lipinski definition) is 2. The maximum atomic E-state index is 13.8. The summed E-state index contributed by atoms with van der Waals surface area (Å²) in [6, 6.07) is 11.8. The number of benzene rings is 2. The fourth-order valence-electron chi connectivity index (χ4n) is 9.67. The van der Waals surface area contributed by atoms with Gasteiger partial charge in [-0.2, -0.15) is 0 Å². The van der Waals surface area contributed by atoms with E-state index in [1.54, 1.807) is 25.1 Å². The molecular formula is C44H65ClN4O6S. The van der Waals surface area contributed by atoms with Crippen molar-refractivity contribution >= 4 is 33.2 Å². The van der Waals surface area contributed by atoms with Crippen molar-refractivity contribution in [3.05, 3.63) is 70.8 Å². The van der Waals surface area contributed by atoms with Crippen LogP contribution in [0.15, 0.2) is 49.1 Å². The molecule has 56 heavy (non-hydrogen) atoms. The molecule has 2 N–H and O–H groups in total. The van der Waals surface area contributed by atoms with Gasteiger partial charge in [-0.1, -0.05) is 50.4 Å². The topological polar surface area (TPSA) is 112 Å². The number of halogens is 1. The van der Waals surface area contributed by atoms with Crippen LogP contribution in [0.3, 0.4) is 0 Å². The van der Waals surface area contributed by atoms with E-state index in [1.165, 1.54) is 31.4 Å². The zero-order valence-corrected chi connectivity index (χ0v) is 35.6. The monoisotopic (exact) mass is 812 g/mol. The smallest absolute Gasteiger partial charge is 0.264 e. The van der Waals surface area contributed by atoms with Gasteiger partial charge in [-0.25, -0.2) is 13.1 Å². The summed E-state index contributed by atoms with van der Waals surface area (Å²) in [6.45, 7) is 16.7. The third-order valence-corrected chi connectivity index (χ3v) is 15.5. The van der Waals surface area contributed by atoms with Gasteiger partial charge in [-0.05, 0) is 124 Å². The number of ether oxygens (including phenoxy) is 2. The van der Waals surface area contributed by atoms with Crippen molar-refractivity contribution in [3.63, 3.8) is 0 Å². The molecule has 10 nitrogen and oxygen atoms in total. The molecule has 6 rings (SSSR count). The molecule has 12 heteroatoms. The Bertz CT molecular complexity index is 1780. The number of hydrogen-bond acceptors (Lipinski definition) is 9. The van der Waals surface area contributed by atoms with Crippen LogP contribution in [0, 0.1) is 17.8 Å². The van der Waals surface area contributed by atoms with E-state index in [-0.39, 0.29) is 23.8 Å². The van der Waals surface area contributed by atoms with Gasteiger partial charge in [0.15, 0.2) is 0 Å². The third-order valence-electron chi connectivity index (χ3n) is 13.3. The van der Waals surface area contributed by atoms with Crippen LogP contribution in [0.2, 0.25) is 5.02 Å². The lowest BCUT2D eigenvalue weighted by atomic mass is 9.64. The largest absolute Gasteiger partial charge is 0.487 e. The Kier molecular flexibility index (Phi) is 14.5. The predicted octanol–water partition coefficient (Wildman–Crippen LogP) is 7.07. The second kappa shape index (κ2) is 18.9. The number of anilines is 1. The van der Waals surface area contributed by atoms with Crippen molar-refractivity contribution in [2.75, 3.05) is 57.8 Å². The van der Waals surface area contributed by atoms with Crippen molar-refractivity contribution < 1.29 is 27.8 Å². The average molecular weight is 814 g/mol. The molecule has 1 saturated carbocycles. The minimum absolute atomic E-state index is 0.0448. The number of carbonyl (C=O) groups is 1. The van der Waals surface area contributed by atoms with Crippen molar-refractivity contribution in [3.8, 4) is 5.75 Å². The van der Waals surface area contributed by atoms with Crippen LogP contribution in [0.5, 0.6) is 5.75 Å². The highest BCUT2D eigenvalue weighted by Gasteiger charge is 2.48. The van der Waals surface area contributed by atoms with Crippen LogP contribution in [0.1, 0.15) is 100 Å². The second-order valence-electron chi connectivity index (χ2n) is 17.0. The number of fused-ring (bicyclic) bond motifs is 3. The summed E-state index contributed by atoms with van der Waals surface area (Å²) >= 11 is 6.42. The number of aryl methyl sites for hydroxylation is 1. The number of nitrogens with zero attached hydrogens (tertiary/aromatic N) is 3. The maximum absolute atomic E-state index is 13.8. The molecule has 2 aromatic rings. The second-order valence-corrected chi connectivity index (χ2v) is 19.3. The first kappa shape index (κ1) is 42.9. The number of carbonyl (C=O) groups excluding carboxylic acids is 1. The fraction of sp³-hybridized carbons (Fsp3) is 0.659. The quantitative estimate of drug-likeness (QED) is 0.194. The van der Waals surface area contributed by atoms with E-state index in [0.717, 1.165) is 82.6 Å². The molecule has 310 valence electrons. The van der Waals surface area contributed by atoms with E-state index in [1.807, 2.05) is 39.2 Å². The lowest BCUT2D eigenvalue weighted by Crippen LogP contribution is -2.61. The highest BCUT2D eigenvalue weighted by Crippen LogP contribution is 2.46. The zero-order chi connectivity index (χ0) is 40.0. The Morgan fingerprint density at radius 1 is 1.07 bits per heavy atom. The lowest BCUT2D eigenvalue weighted by molar-refractivity contribution is -0.0996. The fourth-order valence-corrected chi connectivity index (χ4v) is 11.7. The summed E-state index contributed by atoms with van der Waals surface area (Å²) < 4.78 is 42.7. The third kappa shape index (κ3) is 9.95. The molecular weight excluding hydrogens is 748 g/mol. The molecule has 3 fully saturated rings. The van der Waals surface area contributed by atoms with Gasteiger partial charge in [0.2, 0.25) is 10.0 Å². The zero-order valence-electron chi connectivity index (χ0n) is 34.1. The van der Waals surface area contributed by atoms with Gasteiger partial charge >= 0.3 is 0 Å². The summed E-state index contributed by atoms with van der Waals surface area (Å²) in [6.07, 6.45) is 10.6. The van der Waals surface area contributed by atoms with Gasteiger partial charge in [0.25, 0.3) is 5.91 Å². The van der Waals surface area contributed by atoms with Crippen molar-refractivity contribution in [2.24, 2.45) is 17.8 Å². The SMILES string of the molecule is C=CC(CN1CCN2CCCC[C@@H]2C1)(OC)[C@@H]1CC[C@H]1CN1CCCCc2cc(Cl)ccc2COc2ccc(C(=O)NS(=O)(=O)[C@H](C[C@@H](C)O)[C@@H](C)CC)cc21. The first-order chi connectivity index (χ1) is 26.9. The number of methoxy groups -OCH3 is 1. The van der Waals surface area contributed by atoms with Crippen molar-refractivity contribution in [1.29, 1.82) is 0 Å². The Morgan fingerprint density at radius 2 is 1.88 bits per heavy atom. The molecule has 3 heterocycles. The molecule has 0 bridgehead atoms. The van der Waals surface area contributed by atoms with Gasteiger partial charge in [0, 0.05) is 63.0 Å². The molecule has 0 aromatic heterocycles. The molecule has 1 unspecified atom stereocenters. The van der Waals surface area contributed by atoms with Crippen LogP contribution >= 0.6 is 11.6 Å². The Labute approximate surface area is 341 Å². The maximum Gasteiger partial charge on any atom is 0.264 e. The summed E-state index contributed by atoms with van der Waals surface area (Å²) in [4.78, 5) is 21.5. The molecule has 3 aliphatic heterocycles. The van der Waals surface area contributed by atoms with Gasteiger partial charge in [-0.3, -0.25) is 14.6 Å². The average Bonchev–Trinajstić information content (AvgIpc) is 3.20. The van der Waals surface area contributed by atoms with Crippen LogP contribution in [-0.4, -0.2) is 105 Å². The minimum Gasteiger partial charge on any atom is -0.487 e. The molecule has 7 atom stereocenters. The van der Waals surface area contributed by atoms with E-state index < -0.39 is 32.9 Å². The summed E-state index contributed by atoms with van der Waals surface area (Å²) in [5, 5.41) is 9.93. The van der Waals surface area contributed by atoms with Crippen LogP contribution in [-0.2, 0) is 27.8 Å². The number of rotatable bonds is 14. The summed E-state index contributed by atoms with van der Waals surface area (Å²) in [5.74, 6) is 0.289. The first-order valence-electron chi connectivity index (χ1n) is 21.0. The van der Waals surface area contributed by atoms with Gasteiger partial charge in [0.05, 0.1) is 17.0 Å². The van der Waals surface area contributed by atoms with E-state index in [0.29, 0.717) is 35.8 Å². The van der Waals surface area contributed by atoms with E-state index in [9.17, 15) is 18.3 Å². The lowest BCUT2D eigenvalue weighted by Gasteiger charge is -2.52. The number of aliphatic hydroxyl groups excluding tert-OH is 1. The molecule has 1 aliphatic carbocycles. The van der Waals surface area contributed by atoms with E-state index in [2.05, 4.69) is 32.1 Å². The molecule has 2 aromatic carbocycles. The van der Waals surface area contributed by atoms with E-state index in [4.69, 9.17) is 21.1 Å². The predicted molar refractivity (Wildman–Crippen MR) is 225 cm³/mol. The number of amides is 1. The van der Waals surface area contributed by atoms with E-state index >= 15 is 0 Å². The highest BCUT2D eigenvalue weighted by molar-refractivity contribution is 7.90. The number of sulfonamides is 1. The van der Waals surface area contributed by atoms with Crippen LogP contribution in [0.4, 0.5) is 5.69 Å². The summed E-state index contributed by atoms with van der Waals surface area (Å²) in [7, 11) is -2.25. The van der Waals surface area contributed by atoms with Gasteiger partial charge in [-0.15, -0.1) is 6.58 Å². The minimum atomic E-state index is -4.08. The Morgan fingerprint density at radius 3 is 2.59 bits per heavy atom. The standard InChI is InChI=1S/C44H65ClN4O6S/c1-6-31(3)42(24-32(4)50)56(52,53)46-43(51)34-16-19-41-40(26-34)49(21-10-8-12-33-25-37(45)17-14-36(33)29-55-41)27-35-15-18-39(35)44(7-2,54-5)30-47-22-23-48-20-11-9-13-38(48)28-47/h7,14,16-17,19,25-26,31-32,35,38-39,42,50H,2,6,8-13,15,18,20-24,27-30H2,1,3-5H3,(H,46,51)/t31-,32+,35-,38+,39+,42+,44?/m0/s1. The molecule has 1 amide bonds. The normalized spacial score (nSPS) is 25.0. The number of piperidine rings is 1. The van der Waals surface area contributed by atoms with Gasteiger partial charge in [0.1, 0.15) is 18.0 Å². The number of aliphatic hydroxyl groups is 1. The molecule has 0 spiro atoms. The number of piperazine rings is 1. The highest BCUT2D eigenvalue weighted by atomic mass is 35.5. The Hall–Kier alpha value is -2.67. The molecule has 4 aliphatic rings. The molecule has 0 radical (unpaired) electrons. The molecule has 2 saturated heterocycles. The van der Waals surface area contributed by atoms with Crippen LogP contribution < -0.4 is 14.4 Å². The van der Waals surface area contributed by atoms with Gasteiger partial charge < -0.3 is 19.5 Å². The van der Waals surface area contributed by atoms with Crippen molar-refractivity contribution in [1.82, 2.24) is 14.5 Å².